The third-order valence-corrected chi connectivity index (χ3v) is 3.96. The molecule has 0 radical (unpaired) electrons. The molecule has 2 unspecified atom stereocenters. The van der Waals surface area contributed by atoms with E-state index < -0.39 is 0 Å². The Bertz CT molecular complexity index is 479. The van der Waals surface area contributed by atoms with Crippen molar-refractivity contribution in [3.05, 3.63) is 47.6 Å². The van der Waals surface area contributed by atoms with E-state index in [0.717, 1.165) is 24.2 Å². The van der Waals surface area contributed by atoms with Crippen LogP contribution in [0, 0.1) is 5.41 Å². The van der Waals surface area contributed by atoms with Gasteiger partial charge in [-0.2, -0.15) is 0 Å². The zero-order chi connectivity index (χ0) is 15.9. The fraction of sp³-hybridized carbons (Fsp3) is 0.474. The normalized spacial score (nSPS) is 15.5. The van der Waals surface area contributed by atoms with E-state index in [2.05, 4.69) is 39.0 Å². The summed E-state index contributed by atoms with van der Waals surface area (Å²) < 4.78 is 5.16. The highest BCUT2D eigenvalue weighted by atomic mass is 16.5. The molecule has 0 aliphatic carbocycles. The minimum Gasteiger partial charge on any atom is -0.497 e. The summed E-state index contributed by atoms with van der Waals surface area (Å²) in [5.74, 6) is 0.856. The van der Waals surface area contributed by atoms with Gasteiger partial charge in [-0.15, -0.1) is 0 Å². The molecule has 0 fully saturated rings. The van der Waals surface area contributed by atoms with E-state index >= 15 is 0 Å². The molecule has 2 heteroatoms. The molecule has 1 rings (SSSR count). The number of methoxy groups -OCH3 is 1. The maximum absolute atomic E-state index is 10.1. The molecule has 0 amide bonds. The summed E-state index contributed by atoms with van der Waals surface area (Å²) in [6, 6.07) is 7.94. The van der Waals surface area contributed by atoms with Gasteiger partial charge in [-0.1, -0.05) is 42.9 Å². The topological polar surface area (TPSA) is 29.5 Å². The molecule has 0 heterocycles. The van der Waals surface area contributed by atoms with E-state index in [1.54, 1.807) is 7.11 Å². The van der Waals surface area contributed by atoms with Crippen molar-refractivity contribution >= 4 is 6.08 Å². The van der Waals surface area contributed by atoms with Crippen LogP contribution in [0.2, 0.25) is 0 Å². The first kappa shape index (κ1) is 17.5. The van der Waals surface area contributed by atoms with Gasteiger partial charge in [0.05, 0.1) is 13.2 Å². The Morgan fingerprint density at radius 2 is 1.90 bits per heavy atom. The molecular weight excluding hydrogens is 260 g/mol. The van der Waals surface area contributed by atoms with Gasteiger partial charge in [-0.3, -0.25) is 0 Å². The Morgan fingerprint density at radius 3 is 2.38 bits per heavy atom. The molecule has 2 nitrogen and oxygen atoms in total. The van der Waals surface area contributed by atoms with Gasteiger partial charge in [0.15, 0.2) is 0 Å². The minimum atomic E-state index is -0.377. The van der Waals surface area contributed by atoms with Crippen LogP contribution < -0.4 is 4.74 Å². The van der Waals surface area contributed by atoms with Crippen LogP contribution in [-0.2, 0) is 0 Å². The zero-order valence-corrected chi connectivity index (χ0v) is 13.9. The van der Waals surface area contributed by atoms with Gasteiger partial charge >= 0.3 is 0 Å². The largest absolute Gasteiger partial charge is 0.497 e. The molecule has 116 valence electrons. The molecule has 2 atom stereocenters. The second-order valence-corrected chi connectivity index (χ2v) is 6.11. The lowest BCUT2D eigenvalue weighted by atomic mass is 9.79. The van der Waals surface area contributed by atoms with Crippen molar-refractivity contribution < 1.29 is 9.84 Å². The van der Waals surface area contributed by atoms with E-state index in [9.17, 15) is 5.11 Å². The van der Waals surface area contributed by atoms with E-state index in [0.29, 0.717) is 0 Å². The highest BCUT2D eigenvalue weighted by Gasteiger charge is 2.25. The molecular formula is C19H28O2. The van der Waals surface area contributed by atoms with Gasteiger partial charge in [-0.05, 0) is 51.3 Å². The van der Waals surface area contributed by atoms with Crippen LogP contribution in [0.15, 0.2) is 42.0 Å². The fourth-order valence-corrected chi connectivity index (χ4v) is 2.10. The van der Waals surface area contributed by atoms with Crippen molar-refractivity contribution in [3.8, 4) is 5.75 Å². The standard InChI is InChI=1S/C19H28O2/c1-15(2)7-6-13-19(4,16(3)20)14-12-17-8-10-18(21-5)11-9-17/h7-12,14,16,20H,6,13H2,1-5H3/b14-12+. The van der Waals surface area contributed by atoms with Crippen LogP contribution in [0.5, 0.6) is 5.75 Å². The Morgan fingerprint density at radius 1 is 1.29 bits per heavy atom. The highest BCUT2D eigenvalue weighted by Crippen LogP contribution is 2.31. The van der Waals surface area contributed by atoms with Crippen LogP contribution in [0.25, 0.3) is 6.08 Å². The monoisotopic (exact) mass is 288 g/mol. The van der Waals surface area contributed by atoms with Gasteiger partial charge in [0, 0.05) is 5.41 Å². The van der Waals surface area contributed by atoms with Crippen molar-refractivity contribution in [1.29, 1.82) is 0 Å². The lowest BCUT2D eigenvalue weighted by molar-refractivity contribution is 0.0820. The van der Waals surface area contributed by atoms with E-state index in [1.165, 1.54) is 5.57 Å². The molecule has 0 aliphatic rings. The average Bonchev–Trinajstić information content (AvgIpc) is 2.45. The summed E-state index contributed by atoms with van der Waals surface area (Å²) in [4.78, 5) is 0. The number of allylic oxidation sites excluding steroid dienone is 2. The SMILES string of the molecule is COc1ccc(/C=C/C(C)(CCC=C(C)C)C(C)O)cc1. The molecule has 1 aromatic rings. The number of benzene rings is 1. The predicted octanol–water partition coefficient (Wildman–Crippen LogP) is 4.84. The maximum atomic E-state index is 10.1. The molecule has 0 saturated heterocycles. The van der Waals surface area contributed by atoms with E-state index in [1.807, 2.05) is 31.2 Å². The maximum Gasteiger partial charge on any atom is 0.118 e. The average molecular weight is 288 g/mol. The van der Waals surface area contributed by atoms with Crippen molar-refractivity contribution in [3.63, 3.8) is 0 Å². The van der Waals surface area contributed by atoms with Gasteiger partial charge in [-0.25, -0.2) is 0 Å². The number of hydrogen-bond acceptors (Lipinski definition) is 2. The third-order valence-electron chi connectivity index (χ3n) is 3.96. The summed E-state index contributed by atoms with van der Waals surface area (Å²) in [7, 11) is 1.67. The second-order valence-electron chi connectivity index (χ2n) is 6.11. The first-order valence-corrected chi connectivity index (χ1v) is 7.52. The van der Waals surface area contributed by atoms with Crippen LogP contribution in [0.3, 0.4) is 0 Å². The first-order chi connectivity index (χ1) is 9.87. The van der Waals surface area contributed by atoms with E-state index in [4.69, 9.17) is 4.74 Å². The molecule has 21 heavy (non-hydrogen) atoms. The summed E-state index contributed by atoms with van der Waals surface area (Å²) >= 11 is 0. The number of hydrogen-bond donors (Lipinski definition) is 1. The highest BCUT2D eigenvalue weighted by molar-refractivity contribution is 5.51. The molecule has 1 aromatic carbocycles. The molecule has 1 N–H and O–H groups in total. The fourth-order valence-electron chi connectivity index (χ4n) is 2.10. The van der Waals surface area contributed by atoms with Crippen LogP contribution in [0.1, 0.15) is 46.1 Å². The van der Waals surface area contributed by atoms with Gasteiger partial charge in [0.25, 0.3) is 0 Å². The Kier molecular flexibility index (Phi) is 6.70. The van der Waals surface area contributed by atoms with Gasteiger partial charge < -0.3 is 9.84 Å². The smallest absolute Gasteiger partial charge is 0.118 e. The van der Waals surface area contributed by atoms with Crippen LogP contribution in [0.4, 0.5) is 0 Å². The molecule has 0 saturated carbocycles. The van der Waals surface area contributed by atoms with Crippen molar-refractivity contribution in [2.45, 2.75) is 46.6 Å². The Labute approximate surface area is 129 Å². The third kappa shape index (κ3) is 5.76. The van der Waals surface area contributed by atoms with Crippen LogP contribution >= 0.6 is 0 Å². The van der Waals surface area contributed by atoms with Crippen molar-refractivity contribution in [2.24, 2.45) is 5.41 Å². The lowest BCUT2D eigenvalue weighted by Gasteiger charge is -2.29. The molecule has 0 bridgehead atoms. The molecule has 0 spiro atoms. The summed E-state index contributed by atoms with van der Waals surface area (Å²) in [6.45, 7) is 8.18. The number of aliphatic hydroxyl groups is 1. The second kappa shape index (κ2) is 8.04. The van der Waals surface area contributed by atoms with Gasteiger partial charge in [0.1, 0.15) is 5.75 Å². The lowest BCUT2D eigenvalue weighted by Crippen LogP contribution is -2.27. The minimum absolute atomic E-state index is 0.216. The van der Waals surface area contributed by atoms with E-state index in [-0.39, 0.29) is 11.5 Å². The summed E-state index contributed by atoms with van der Waals surface area (Å²) in [5.41, 5.74) is 2.22. The molecule has 0 aromatic heterocycles. The first-order valence-electron chi connectivity index (χ1n) is 7.52. The zero-order valence-electron chi connectivity index (χ0n) is 13.9. The van der Waals surface area contributed by atoms with Crippen molar-refractivity contribution in [2.75, 3.05) is 7.11 Å². The quantitative estimate of drug-likeness (QED) is 0.727. The summed E-state index contributed by atoms with van der Waals surface area (Å²) in [6.07, 6.45) is 7.96. The summed E-state index contributed by atoms with van der Waals surface area (Å²) in [5, 5.41) is 10.1. The van der Waals surface area contributed by atoms with Crippen LogP contribution in [-0.4, -0.2) is 18.3 Å². The van der Waals surface area contributed by atoms with Crippen molar-refractivity contribution in [1.82, 2.24) is 0 Å². The van der Waals surface area contributed by atoms with Gasteiger partial charge in [0.2, 0.25) is 0 Å². The predicted molar refractivity (Wildman–Crippen MR) is 90.5 cm³/mol. The number of aliphatic hydroxyl groups excluding tert-OH is 1. The molecule has 0 aliphatic heterocycles. The number of rotatable bonds is 7. The number of ether oxygens (including phenoxy) is 1. The Balaban J connectivity index is 2.80. The Hall–Kier alpha value is -1.54.